The largest absolute Gasteiger partial charge is 0.478 e. The molecule has 0 atom stereocenters. The van der Waals surface area contributed by atoms with Gasteiger partial charge in [-0.3, -0.25) is 15.1 Å². The molecule has 0 amide bonds. The molecule has 0 bridgehead atoms. The molecule has 0 aliphatic rings. The molecule has 2 N–H and O–H groups in total. The average molecular weight is 273 g/mol. The van der Waals surface area contributed by atoms with E-state index in [9.17, 15) is 14.9 Å². The first kappa shape index (κ1) is 13.5. The number of nitro groups is 1. The normalized spacial score (nSPS) is 10.1. The van der Waals surface area contributed by atoms with E-state index in [0.717, 1.165) is 11.8 Å². The Hall–Kier alpha value is -2.96. The number of benzene rings is 1. The van der Waals surface area contributed by atoms with Crippen LogP contribution in [0.2, 0.25) is 0 Å². The number of nitrogens with zero attached hydrogens (tertiary/aromatic N) is 2. The predicted molar refractivity (Wildman–Crippen MR) is 72.3 cm³/mol. The number of aromatic carboxylic acids is 1. The van der Waals surface area contributed by atoms with Crippen molar-refractivity contribution in [2.75, 3.05) is 5.32 Å². The van der Waals surface area contributed by atoms with Gasteiger partial charge in [0, 0.05) is 11.8 Å². The number of carboxylic acids is 1. The van der Waals surface area contributed by atoms with Crippen LogP contribution in [0, 0.1) is 17.0 Å². The first-order valence-corrected chi connectivity index (χ1v) is 5.69. The van der Waals surface area contributed by atoms with Gasteiger partial charge in [0.1, 0.15) is 5.69 Å². The van der Waals surface area contributed by atoms with Crippen molar-refractivity contribution < 1.29 is 14.8 Å². The van der Waals surface area contributed by atoms with Gasteiger partial charge in [-0.2, -0.15) is 0 Å². The summed E-state index contributed by atoms with van der Waals surface area (Å²) in [6.45, 7) is 1.82. The summed E-state index contributed by atoms with van der Waals surface area (Å²) in [5.41, 5.74) is 1.24. The molecule has 0 aliphatic carbocycles. The molecule has 1 aromatic heterocycles. The maximum atomic E-state index is 10.9. The second-order valence-corrected chi connectivity index (χ2v) is 4.11. The van der Waals surface area contributed by atoms with Crippen molar-refractivity contribution >= 4 is 23.0 Å². The van der Waals surface area contributed by atoms with E-state index >= 15 is 0 Å². The van der Waals surface area contributed by atoms with E-state index < -0.39 is 10.9 Å². The number of pyridine rings is 1. The number of hydrogen-bond donors (Lipinski definition) is 2. The molecule has 102 valence electrons. The highest BCUT2D eigenvalue weighted by Gasteiger charge is 2.16. The zero-order chi connectivity index (χ0) is 14.7. The highest BCUT2D eigenvalue weighted by atomic mass is 16.6. The van der Waals surface area contributed by atoms with Crippen molar-refractivity contribution in [3.05, 3.63) is 57.9 Å². The third-order valence-electron chi connectivity index (χ3n) is 2.63. The lowest BCUT2D eigenvalue weighted by Crippen LogP contribution is -2.02. The van der Waals surface area contributed by atoms with Crippen LogP contribution in [-0.2, 0) is 0 Å². The van der Waals surface area contributed by atoms with Crippen molar-refractivity contribution in [1.29, 1.82) is 0 Å². The number of rotatable bonds is 4. The Balaban J connectivity index is 2.41. The fraction of sp³-hybridized carbons (Fsp3) is 0.0769. The summed E-state index contributed by atoms with van der Waals surface area (Å²) in [6, 6.07) is 7.03. The van der Waals surface area contributed by atoms with E-state index in [4.69, 9.17) is 5.11 Å². The van der Waals surface area contributed by atoms with E-state index in [1.165, 1.54) is 18.3 Å². The Morgan fingerprint density at radius 2 is 2.10 bits per heavy atom. The van der Waals surface area contributed by atoms with Crippen LogP contribution in [0.25, 0.3) is 0 Å². The first-order valence-electron chi connectivity index (χ1n) is 5.69. The summed E-state index contributed by atoms with van der Waals surface area (Å²) >= 11 is 0. The van der Waals surface area contributed by atoms with Gasteiger partial charge in [-0.05, 0) is 31.2 Å². The summed E-state index contributed by atoms with van der Waals surface area (Å²) in [6.07, 6.45) is 1.52. The van der Waals surface area contributed by atoms with Gasteiger partial charge < -0.3 is 10.4 Å². The van der Waals surface area contributed by atoms with Crippen LogP contribution in [0.15, 0.2) is 36.5 Å². The second kappa shape index (κ2) is 5.35. The van der Waals surface area contributed by atoms with Crippen molar-refractivity contribution in [2.24, 2.45) is 0 Å². The molecule has 0 unspecified atom stereocenters. The molecular weight excluding hydrogens is 262 g/mol. The maximum Gasteiger partial charge on any atom is 0.335 e. The van der Waals surface area contributed by atoms with Crippen LogP contribution in [-0.4, -0.2) is 21.0 Å². The Morgan fingerprint density at radius 1 is 1.35 bits per heavy atom. The molecule has 7 heteroatoms. The van der Waals surface area contributed by atoms with Gasteiger partial charge in [0.25, 0.3) is 5.69 Å². The van der Waals surface area contributed by atoms with Crippen LogP contribution >= 0.6 is 0 Å². The minimum absolute atomic E-state index is 0.0295. The van der Waals surface area contributed by atoms with Gasteiger partial charge in [-0.15, -0.1) is 0 Å². The summed E-state index contributed by atoms with van der Waals surface area (Å²) in [7, 11) is 0. The van der Waals surface area contributed by atoms with Crippen molar-refractivity contribution in [3.8, 4) is 0 Å². The molecule has 0 saturated carbocycles. The van der Waals surface area contributed by atoms with E-state index in [1.807, 2.05) is 6.92 Å². The molecule has 0 radical (unpaired) electrons. The molecule has 7 nitrogen and oxygen atoms in total. The molecule has 2 rings (SSSR count). The number of hydrogen-bond acceptors (Lipinski definition) is 5. The van der Waals surface area contributed by atoms with Crippen LogP contribution < -0.4 is 5.32 Å². The van der Waals surface area contributed by atoms with Crippen molar-refractivity contribution in [3.63, 3.8) is 0 Å². The fourth-order valence-electron chi connectivity index (χ4n) is 1.63. The molecule has 20 heavy (non-hydrogen) atoms. The van der Waals surface area contributed by atoms with E-state index in [1.54, 1.807) is 12.1 Å². The van der Waals surface area contributed by atoms with Gasteiger partial charge in [0.15, 0.2) is 0 Å². The molecule has 0 saturated heterocycles. The van der Waals surface area contributed by atoms with Crippen LogP contribution in [0.1, 0.15) is 16.1 Å². The average Bonchev–Trinajstić information content (AvgIpc) is 2.41. The molecule has 2 aromatic rings. The number of nitro benzene ring substituents is 1. The summed E-state index contributed by atoms with van der Waals surface area (Å²) in [5.74, 6) is -1.15. The lowest BCUT2D eigenvalue weighted by atomic mass is 10.1. The quantitative estimate of drug-likeness (QED) is 0.655. The summed E-state index contributed by atoms with van der Waals surface area (Å²) in [5, 5.41) is 22.7. The third kappa shape index (κ3) is 2.89. The van der Waals surface area contributed by atoms with E-state index in [2.05, 4.69) is 10.3 Å². The lowest BCUT2D eigenvalue weighted by Gasteiger charge is -2.08. The monoisotopic (exact) mass is 273 g/mol. The molecule has 1 aromatic carbocycles. The molecule has 0 spiro atoms. The Morgan fingerprint density at radius 3 is 2.65 bits per heavy atom. The van der Waals surface area contributed by atoms with Gasteiger partial charge in [0.05, 0.1) is 22.4 Å². The molecule has 1 heterocycles. The zero-order valence-corrected chi connectivity index (χ0v) is 10.5. The second-order valence-electron chi connectivity index (χ2n) is 4.11. The SMILES string of the molecule is Cc1ccc(Nc2cc(C(=O)O)ccc2[N+](=O)[O-])cn1. The smallest absolute Gasteiger partial charge is 0.335 e. The molecule has 0 fully saturated rings. The minimum atomic E-state index is -1.15. The first-order chi connectivity index (χ1) is 9.47. The number of aromatic nitrogens is 1. The van der Waals surface area contributed by atoms with Gasteiger partial charge >= 0.3 is 5.97 Å². The van der Waals surface area contributed by atoms with Gasteiger partial charge in [-0.25, -0.2) is 4.79 Å². The summed E-state index contributed by atoms with van der Waals surface area (Å²) in [4.78, 5) is 25.4. The molecule has 0 aliphatic heterocycles. The standard InChI is InChI=1S/C13H11N3O4/c1-8-2-4-10(7-14-8)15-11-6-9(13(17)18)3-5-12(11)16(19)20/h2-7,15H,1H3,(H,17,18). The van der Waals surface area contributed by atoms with Crippen molar-refractivity contribution in [1.82, 2.24) is 4.98 Å². The number of carbonyl (C=O) groups is 1. The highest BCUT2D eigenvalue weighted by Crippen LogP contribution is 2.28. The number of nitrogens with one attached hydrogen (secondary N) is 1. The highest BCUT2D eigenvalue weighted by molar-refractivity contribution is 5.90. The van der Waals surface area contributed by atoms with E-state index in [0.29, 0.717) is 5.69 Å². The van der Waals surface area contributed by atoms with Gasteiger partial charge in [-0.1, -0.05) is 0 Å². The Labute approximate surface area is 114 Å². The Bertz CT molecular complexity index is 668. The van der Waals surface area contributed by atoms with E-state index in [-0.39, 0.29) is 16.9 Å². The lowest BCUT2D eigenvalue weighted by molar-refractivity contribution is -0.383. The zero-order valence-electron chi connectivity index (χ0n) is 10.5. The molecular formula is C13H11N3O4. The fourth-order valence-corrected chi connectivity index (χ4v) is 1.63. The number of aryl methyl sites for hydroxylation is 1. The third-order valence-corrected chi connectivity index (χ3v) is 2.63. The van der Waals surface area contributed by atoms with Gasteiger partial charge in [0.2, 0.25) is 0 Å². The van der Waals surface area contributed by atoms with Crippen LogP contribution in [0.5, 0.6) is 0 Å². The van der Waals surface area contributed by atoms with Crippen molar-refractivity contribution in [2.45, 2.75) is 6.92 Å². The number of anilines is 2. The Kier molecular flexibility index (Phi) is 3.60. The summed E-state index contributed by atoms with van der Waals surface area (Å²) < 4.78 is 0. The predicted octanol–water partition coefficient (Wildman–Crippen LogP) is 2.74. The van der Waals surface area contributed by atoms with Crippen LogP contribution in [0.4, 0.5) is 17.1 Å². The minimum Gasteiger partial charge on any atom is -0.478 e. The van der Waals surface area contributed by atoms with Crippen LogP contribution in [0.3, 0.4) is 0 Å². The number of carboxylic acid groups (broad SMARTS) is 1. The maximum absolute atomic E-state index is 10.9. The topological polar surface area (TPSA) is 105 Å².